The van der Waals surface area contributed by atoms with E-state index < -0.39 is 22.5 Å². The number of halogens is 2. The number of amides is 1. The molecule has 0 bridgehead atoms. The SMILES string of the molecule is COc1ccc(S(=O)(=O)N(CC(N)=O)c2ccc(Cl)cc2C(C)c2ccccc2Cl)cc1O. The van der Waals surface area contributed by atoms with Crippen molar-refractivity contribution in [1.82, 2.24) is 0 Å². The van der Waals surface area contributed by atoms with E-state index in [-0.39, 0.29) is 28.0 Å². The van der Waals surface area contributed by atoms with Crippen molar-refractivity contribution >= 4 is 44.8 Å². The van der Waals surface area contributed by atoms with Gasteiger partial charge in [0.15, 0.2) is 11.5 Å². The fourth-order valence-electron chi connectivity index (χ4n) is 3.49. The predicted molar refractivity (Wildman–Crippen MR) is 129 cm³/mol. The minimum absolute atomic E-state index is 0.106. The van der Waals surface area contributed by atoms with E-state index in [0.717, 1.165) is 15.9 Å². The molecule has 0 heterocycles. The molecule has 1 amide bonds. The minimum atomic E-state index is -4.32. The molecule has 3 aromatic rings. The van der Waals surface area contributed by atoms with Crippen molar-refractivity contribution in [3.05, 3.63) is 81.8 Å². The first kappa shape index (κ1) is 24.7. The fourth-order valence-corrected chi connectivity index (χ4v) is 5.45. The maximum absolute atomic E-state index is 13.6. The van der Waals surface area contributed by atoms with Crippen molar-refractivity contribution in [2.75, 3.05) is 18.0 Å². The molecule has 0 aliphatic rings. The van der Waals surface area contributed by atoms with E-state index in [1.54, 1.807) is 18.2 Å². The number of phenolic OH excluding ortho intramolecular Hbond substituents is 1. The largest absolute Gasteiger partial charge is 0.504 e. The first-order valence-corrected chi connectivity index (χ1v) is 12.0. The second-order valence-electron chi connectivity index (χ2n) is 7.26. The van der Waals surface area contributed by atoms with Gasteiger partial charge in [0, 0.05) is 22.0 Å². The minimum Gasteiger partial charge on any atom is -0.504 e. The average Bonchev–Trinajstić information content (AvgIpc) is 2.77. The Bertz CT molecular complexity index is 1300. The van der Waals surface area contributed by atoms with Crippen LogP contribution in [0.15, 0.2) is 65.6 Å². The maximum Gasteiger partial charge on any atom is 0.264 e. The van der Waals surface area contributed by atoms with Crippen molar-refractivity contribution in [3.8, 4) is 11.5 Å². The first-order valence-electron chi connectivity index (χ1n) is 9.78. The van der Waals surface area contributed by atoms with Crippen LogP contribution in [0.4, 0.5) is 5.69 Å². The van der Waals surface area contributed by atoms with Crippen LogP contribution in [-0.2, 0) is 14.8 Å². The lowest BCUT2D eigenvalue weighted by molar-refractivity contribution is -0.116. The molecule has 0 aliphatic heterocycles. The lowest BCUT2D eigenvalue weighted by Crippen LogP contribution is -2.39. The molecule has 33 heavy (non-hydrogen) atoms. The standard InChI is InChI=1S/C23H22Cl2N2O5S/c1-14(17-5-3-4-6-19(17)25)18-11-15(24)7-9-20(18)27(13-23(26)29)33(30,31)16-8-10-22(32-2)21(28)12-16/h3-12,14,28H,13H2,1-2H3,(H2,26,29). The molecule has 174 valence electrons. The van der Waals surface area contributed by atoms with E-state index >= 15 is 0 Å². The third-order valence-electron chi connectivity index (χ3n) is 5.13. The van der Waals surface area contributed by atoms with E-state index in [1.165, 1.54) is 31.4 Å². The van der Waals surface area contributed by atoms with Crippen LogP contribution in [0.1, 0.15) is 24.0 Å². The maximum atomic E-state index is 13.6. The Morgan fingerprint density at radius 1 is 1.09 bits per heavy atom. The smallest absolute Gasteiger partial charge is 0.264 e. The highest BCUT2D eigenvalue weighted by molar-refractivity contribution is 7.92. The van der Waals surface area contributed by atoms with Crippen LogP contribution in [0.2, 0.25) is 10.0 Å². The molecule has 1 atom stereocenters. The molecule has 3 N–H and O–H groups in total. The second kappa shape index (κ2) is 9.91. The molecule has 10 heteroatoms. The summed E-state index contributed by atoms with van der Waals surface area (Å²) in [6, 6.07) is 15.5. The van der Waals surface area contributed by atoms with Crippen molar-refractivity contribution in [2.45, 2.75) is 17.7 Å². The van der Waals surface area contributed by atoms with Crippen LogP contribution in [-0.4, -0.2) is 33.1 Å². The van der Waals surface area contributed by atoms with E-state index in [4.69, 9.17) is 33.7 Å². The zero-order chi connectivity index (χ0) is 24.3. The topological polar surface area (TPSA) is 110 Å². The number of anilines is 1. The number of sulfonamides is 1. The monoisotopic (exact) mass is 508 g/mol. The Hall–Kier alpha value is -2.94. The third kappa shape index (κ3) is 5.19. The number of primary amides is 1. The number of nitrogens with two attached hydrogens (primary N) is 1. The van der Waals surface area contributed by atoms with Gasteiger partial charge in [-0.05, 0) is 47.5 Å². The molecular formula is C23H22Cl2N2O5S. The summed E-state index contributed by atoms with van der Waals surface area (Å²) in [6.07, 6.45) is 0. The van der Waals surface area contributed by atoms with Gasteiger partial charge in [-0.15, -0.1) is 0 Å². The van der Waals surface area contributed by atoms with Crippen LogP contribution in [0, 0.1) is 0 Å². The quantitative estimate of drug-likeness (QED) is 0.464. The summed E-state index contributed by atoms with van der Waals surface area (Å²) < 4.78 is 33.1. The average molecular weight is 509 g/mol. The summed E-state index contributed by atoms with van der Waals surface area (Å²) >= 11 is 12.6. The highest BCUT2D eigenvalue weighted by atomic mass is 35.5. The van der Waals surface area contributed by atoms with E-state index in [0.29, 0.717) is 15.6 Å². The molecular weight excluding hydrogens is 487 g/mol. The number of rotatable bonds is 8. The zero-order valence-electron chi connectivity index (χ0n) is 17.8. The zero-order valence-corrected chi connectivity index (χ0v) is 20.2. The van der Waals surface area contributed by atoms with Gasteiger partial charge in [0.25, 0.3) is 10.0 Å². The molecule has 3 aromatic carbocycles. The van der Waals surface area contributed by atoms with Crippen LogP contribution in [0.25, 0.3) is 0 Å². The normalized spacial score (nSPS) is 12.2. The Morgan fingerprint density at radius 3 is 2.39 bits per heavy atom. The Kier molecular flexibility index (Phi) is 7.41. The van der Waals surface area contributed by atoms with Crippen molar-refractivity contribution in [3.63, 3.8) is 0 Å². The van der Waals surface area contributed by atoms with Crippen LogP contribution in [0.3, 0.4) is 0 Å². The lowest BCUT2D eigenvalue weighted by atomic mass is 9.91. The summed E-state index contributed by atoms with van der Waals surface area (Å²) in [4.78, 5) is 11.7. The van der Waals surface area contributed by atoms with Crippen LogP contribution in [0.5, 0.6) is 11.5 Å². The Balaban J connectivity index is 2.21. The summed E-state index contributed by atoms with van der Waals surface area (Å²) in [5.74, 6) is -1.49. The summed E-state index contributed by atoms with van der Waals surface area (Å²) in [5, 5.41) is 11.0. The number of ether oxygens (including phenoxy) is 1. The van der Waals surface area contributed by atoms with Gasteiger partial charge in [-0.1, -0.05) is 48.3 Å². The molecule has 0 radical (unpaired) electrons. The third-order valence-corrected chi connectivity index (χ3v) is 7.47. The van der Waals surface area contributed by atoms with Crippen molar-refractivity contribution in [1.29, 1.82) is 0 Å². The van der Waals surface area contributed by atoms with Crippen molar-refractivity contribution < 1.29 is 23.1 Å². The highest BCUT2D eigenvalue weighted by Gasteiger charge is 2.31. The second-order valence-corrected chi connectivity index (χ2v) is 9.96. The number of benzene rings is 3. The summed E-state index contributed by atoms with van der Waals surface area (Å²) in [7, 11) is -2.97. The molecule has 1 unspecified atom stereocenters. The number of phenols is 1. The number of methoxy groups -OCH3 is 1. The van der Waals surface area contributed by atoms with Gasteiger partial charge in [-0.25, -0.2) is 8.42 Å². The van der Waals surface area contributed by atoms with Gasteiger partial charge >= 0.3 is 0 Å². The van der Waals surface area contributed by atoms with Gasteiger partial charge in [0.1, 0.15) is 6.54 Å². The number of aromatic hydroxyl groups is 1. The first-order chi connectivity index (χ1) is 15.6. The number of carbonyl (C=O) groups is 1. The Morgan fingerprint density at radius 2 is 1.79 bits per heavy atom. The fraction of sp³-hybridized carbons (Fsp3) is 0.174. The Labute approximate surface area is 202 Å². The summed E-state index contributed by atoms with van der Waals surface area (Å²) in [5.41, 5.74) is 6.90. The molecule has 0 fully saturated rings. The van der Waals surface area contributed by atoms with E-state index in [9.17, 15) is 18.3 Å². The molecule has 0 saturated heterocycles. The van der Waals surface area contributed by atoms with Gasteiger partial charge in [0.05, 0.1) is 17.7 Å². The summed E-state index contributed by atoms with van der Waals surface area (Å²) in [6.45, 7) is 1.23. The molecule has 0 spiro atoms. The number of nitrogens with zero attached hydrogens (tertiary/aromatic N) is 1. The number of hydrogen-bond acceptors (Lipinski definition) is 5. The van der Waals surface area contributed by atoms with Gasteiger partial charge in [0.2, 0.25) is 5.91 Å². The van der Waals surface area contributed by atoms with E-state index in [1.807, 2.05) is 19.1 Å². The molecule has 3 rings (SSSR count). The molecule has 7 nitrogen and oxygen atoms in total. The number of carbonyl (C=O) groups excluding carboxylic acids is 1. The predicted octanol–water partition coefficient (Wildman–Crippen LogP) is 4.54. The van der Waals surface area contributed by atoms with E-state index in [2.05, 4.69) is 0 Å². The highest BCUT2D eigenvalue weighted by Crippen LogP contribution is 2.39. The van der Waals surface area contributed by atoms with Gasteiger partial charge in [-0.2, -0.15) is 0 Å². The van der Waals surface area contributed by atoms with Crippen LogP contribution >= 0.6 is 23.2 Å². The molecule has 0 saturated carbocycles. The molecule has 0 aromatic heterocycles. The van der Waals surface area contributed by atoms with Gasteiger partial charge < -0.3 is 15.6 Å². The number of hydrogen-bond donors (Lipinski definition) is 2. The van der Waals surface area contributed by atoms with Crippen LogP contribution < -0.4 is 14.8 Å². The molecule has 0 aliphatic carbocycles. The lowest BCUT2D eigenvalue weighted by Gasteiger charge is -2.28. The van der Waals surface area contributed by atoms with Gasteiger partial charge in [-0.3, -0.25) is 9.10 Å². The van der Waals surface area contributed by atoms with Crippen molar-refractivity contribution in [2.24, 2.45) is 5.73 Å².